The van der Waals surface area contributed by atoms with Gasteiger partial charge in [-0.25, -0.2) is 0 Å². The Bertz CT molecular complexity index is 266. The minimum Gasteiger partial charge on any atom is -0.393 e. The average molecular weight is 193 g/mol. The smallest absolute Gasteiger partial charge is 0.0552 e. The Labute approximate surface area is 85.8 Å². The number of nitrogens with two attached hydrogens (primary N) is 1. The quantitative estimate of drug-likeness (QED) is 0.764. The predicted molar refractivity (Wildman–Crippen MR) is 59.3 cm³/mol. The molecular formula is C12H19NO. The van der Waals surface area contributed by atoms with Gasteiger partial charge in [-0.15, -0.1) is 0 Å². The summed E-state index contributed by atoms with van der Waals surface area (Å²) in [7, 11) is 0. The first-order valence-electron chi connectivity index (χ1n) is 5.10. The zero-order valence-electron chi connectivity index (χ0n) is 8.90. The Morgan fingerprint density at radius 3 is 2.21 bits per heavy atom. The summed E-state index contributed by atoms with van der Waals surface area (Å²) in [6, 6.07) is 8.31. The lowest BCUT2D eigenvalue weighted by molar-refractivity contribution is 0.195. The number of benzene rings is 1. The van der Waals surface area contributed by atoms with Crippen molar-refractivity contribution in [3.05, 3.63) is 35.4 Å². The lowest BCUT2D eigenvalue weighted by Gasteiger charge is -2.10. The number of hydrogen-bond acceptors (Lipinski definition) is 2. The van der Waals surface area contributed by atoms with Crippen molar-refractivity contribution in [3.8, 4) is 0 Å². The van der Waals surface area contributed by atoms with E-state index in [4.69, 9.17) is 5.73 Å². The van der Waals surface area contributed by atoms with Crippen molar-refractivity contribution in [2.45, 2.75) is 32.3 Å². The van der Waals surface area contributed by atoms with Gasteiger partial charge in [0.2, 0.25) is 0 Å². The van der Waals surface area contributed by atoms with Crippen molar-refractivity contribution in [1.29, 1.82) is 0 Å². The predicted octanol–water partition coefficient (Wildman–Crippen LogP) is 1.67. The molecular weight excluding hydrogens is 174 g/mol. The van der Waals surface area contributed by atoms with Gasteiger partial charge < -0.3 is 10.8 Å². The average Bonchev–Trinajstić information content (AvgIpc) is 2.17. The molecule has 2 unspecified atom stereocenters. The molecule has 14 heavy (non-hydrogen) atoms. The summed E-state index contributed by atoms with van der Waals surface area (Å²) < 4.78 is 0. The second-order valence-corrected chi connectivity index (χ2v) is 3.93. The van der Waals surface area contributed by atoms with Crippen molar-refractivity contribution < 1.29 is 5.11 Å². The van der Waals surface area contributed by atoms with Crippen LogP contribution in [0.5, 0.6) is 0 Å². The van der Waals surface area contributed by atoms with E-state index in [2.05, 4.69) is 31.2 Å². The highest BCUT2D eigenvalue weighted by molar-refractivity contribution is 5.25. The zero-order chi connectivity index (χ0) is 10.6. The molecule has 0 aromatic heterocycles. The molecule has 1 aromatic carbocycles. The normalized spacial score (nSPS) is 15.1. The SMILES string of the molecule is CC(O)Cc1ccc(C(C)CN)cc1. The van der Waals surface area contributed by atoms with E-state index in [9.17, 15) is 5.11 Å². The molecule has 0 aliphatic heterocycles. The van der Waals surface area contributed by atoms with Crippen molar-refractivity contribution in [2.75, 3.05) is 6.54 Å². The second-order valence-electron chi connectivity index (χ2n) is 3.93. The van der Waals surface area contributed by atoms with Gasteiger partial charge in [-0.2, -0.15) is 0 Å². The number of aliphatic hydroxyl groups is 1. The third-order valence-electron chi connectivity index (χ3n) is 2.43. The minimum absolute atomic E-state index is 0.271. The molecule has 2 heteroatoms. The van der Waals surface area contributed by atoms with Gasteiger partial charge in [-0.1, -0.05) is 31.2 Å². The van der Waals surface area contributed by atoms with Crippen LogP contribution in [0.25, 0.3) is 0 Å². The van der Waals surface area contributed by atoms with Gasteiger partial charge in [0.15, 0.2) is 0 Å². The highest BCUT2D eigenvalue weighted by Gasteiger charge is 2.03. The van der Waals surface area contributed by atoms with Crippen molar-refractivity contribution in [1.82, 2.24) is 0 Å². The minimum atomic E-state index is -0.271. The Kier molecular flexibility index (Phi) is 4.11. The van der Waals surface area contributed by atoms with Gasteiger partial charge in [0.1, 0.15) is 0 Å². The fourth-order valence-electron chi connectivity index (χ4n) is 1.46. The maximum absolute atomic E-state index is 9.21. The Balaban J connectivity index is 2.68. The van der Waals surface area contributed by atoms with Gasteiger partial charge in [-0.05, 0) is 36.9 Å². The van der Waals surface area contributed by atoms with Crippen LogP contribution in [0.15, 0.2) is 24.3 Å². The van der Waals surface area contributed by atoms with Gasteiger partial charge >= 0.3 is 0 Å². The Morgan fingerprint density at radius 1 is 1.21 bits per heavy atom. The first kappa shape index (κ1) is 11.2. The third-order valence-corrected chi connectivity index (χ3v) is 2.43. The van der Waals surface area contributed by atoms with Crippen molar-refractivity contribution >= 4 is 0 Å². The van der Waals surface area contributed by atoms with Crippen LogP contribution < -0.4 is 5.73 Å². The maximum Gasteiger partial charge on any atom is 0.0552 e. The topological polar surface area (TPSA) is 46.2 Å². The summed E-state index contributed by atoms with van der Waals surface area (Å²) >= 11 is 0. The molecule has 0 saturated heterocycles. The molecule has 0 amide bonds. The highest BCUT2D eigenvalue weighted by Crippen LogP contribution is 2.15. The zero-order valence-corrected chi connectivity index (χ0v) is 8.90. The van der Waals surface area contributed by atoms with Crippen LogP contribution in [-0.4, -0.2) is 17.8 Å². The lowest BCUT2D eigenvalue weighted by Crippen LogP contribution is -2.09. The van der Waals surface area contributed by atoms with Crippen LogP contribution >= 0.6 is 0 Å². The summed E-state index contributed by atoms with van der Waals surface area (Å²) in [5.74, 6) is 0.413. The van der Waals surface area contributed by atoms with E-state index in [0.717, 1.165) is 6.42 Å². The Hall–Kier alpha value is -0.860. The fourth-order valence-corrected chi connectivity index (χ4v) is 1.46. The van der Waals surface area contributed by atoms with Crippen LogP contribution in [0.1, 0.15) is 30.9 Å². The Morgan fingerprint density at radius 2 is 1.79 bits per heavy atom. The highest BCUT2D eigenvalue weighted by atomic mass is 16.3. The summed E-state index contributed by atoms with van der Waals surface area (Å²) in [6.45, 7) is 4.59. The molecule has 0 aliphatic carbocycles. The van der Waals surface area contributed by atoms with Gasteiger partial charge in [-0.3, -0.25) is 0 Å². The van der Waals surface area contributed by atoms with E-state index in [0.29, 0.717) is 12.5 Å². The van der Waals surface area contributed by atoms with Crippen LogP contribution in [0.4, 0.5) is 0 Å². The molecule has 0 fully saturated rings. The molecule has 0 spiro atoms. The molecule has 1 aromatic rings. The van der Waals surface area contributed by atoms with Gasteiger partial charge in [0, 0.05) is 0 Å². The van der Waals surface area contributed by atoms with Crippen LogP contribution in [0, 0.1) is 0 Å². The second kappa shape index (κ2) is 5.13. The van der Waals surface area contributed by atoms with Crippen LogP contribution in [0.3, 0.4) is 0 Å². The summed E-state index contributed by atoms with van der Waals surface area (Å²) in [5, 5.41) is 9.21. The number of rotatable bonds is 4. The molecule has 0 bridgehead atoms. The first-order chi connectivity index (χ1) is 6.63. The van der Waals surface area contributed by atoms with E-state index < -0.39 is 0 Å². The lowest BCUT2D eigenvalue weighted by atomic mass is 9.99. The van der Waals surface area contributed by atoms with E-state index >= 15 is 0 Å². The first-order valence-corrected chi connectivity index (χ1v) is 5.10. The third kappa shape index (κ3) is 3.13. The van der Waals surface area contributed by atoms with Crippen LogP contribution in [-0.2, 0) is 6.42 Å². The van der Waals surface area contributed by atoms with E-state index in [-0.39, 0.29) is 6.10 Å². The van der Waals surface area contributed by atoms with E-state index in [1.807, 2.05) is 0 Å². The summed E-state index contributed by atoms with van der Waals surface area (Å²) in [6.07, 6.45) is 0.449. The standard InChI is InChI=1S/C12H19NO/c1-9(8-13)12-5-3-11(4-6-12)7-10(2)14/h3-6,9-10,14H,7-8,13H2,1-2H3. The molecule has 2 nitrogen and oxygen atoms in total. The summed E-state index contributed by atoms with van der Waals surface area (Å²) in [4.78, 5) is 0. The molecule has 2 atom stereocenters. The fraction of sp³-hybridized carbons (Fsp3) is 0.500. The molecule has 3 N–H and O–H groups in total. The maximum atomic E-state index is 9.21. The largest absolute Gasteiger partial charge is 0.393 e. The van der Waals surface area contributed by atoms with Gasteiger partial charge in [0.25, 0.3) is 0 Å². The summed E-state index contributed by atoms with van der Waals surface area (Å²) in [5.41, 5.74) is 8.02. The van der Waals surface area contributed by atoms with Crippen LogP contribution in [0.2, 0.25) is 0 Å². The molecule has 0 radical (unpaired) electrons. The monoisotopic (exact) mass is 193 g/mol. The van der Waals surface area contributed by atoms with E-state index in [1.54, 1.807) is 6.92 Å². The molecule has 1 rings (SSSR count). The number of aliphatic hydroxyl groups excluding tert-OH is 1. The van der Waals surface area contributed by atoms with Crippen molar-refractivity contribution in [2.24, 2.45) is 5.73 Å². The molecule has 0 heterocycles. The molecule has 0 aliphatic rings. The molecule has 78 valence electrons. The molecule has 0 saturated carbocycles. The van der Waals surface area contributed by atoms with Crippen molar-refractivity contribution in [3.63, 3.8) is 0 Å². The van der Waals surface area contributed by atoms with E-state index in [1.165, 1.54) is 11.1 Å². The number of hydrogen-bond donors (Lipinski definition) is 2. The van der Waals surface area contributed by atoms with Gasteiger partial charge in [0.05, 0.1) is 6.10 Å².